The number of anilines is 1. The average Bonchev–Trinajstić information content (AvgIpc) is 2.79. The van der Waals surface area contributed by atoms with Crippen molar-refractivity contribution in [1.29, 1.82) is 0 Å². The molecule has 4 nitrogen and oxygen atoms in total. The van der Waals surface area contributed by atoms with Gasteiger partial charge in [0.25, 0.3) is 0 Å². The highest BCUT2D eigenvalue weighted by Gasteiger charge is 2.26. The Hall–Kier alpha value is -1.37. The third kappa shape index (κ3) is 4.14. The smallest absolute Gasteiger partial charge is 0.379 e. The molecule has 100 valence electrons. The zero-order valence-electron chi connectivity index (χ0n) is 9.70. The van der Waals surface area contributed by atoms with Gasteiger partial charge in [-0.05, 0) is 18.9 Å². The van der Waals surface area contributed by atoms with Crippen molar-refractivity contribution in [1.82, 2.24) is 9.97 Å². The Morgan fingerprint density at radius 1 is 1.44 bits per heavy atom. The van der Waals surface area contributed by atoms with E-state index >= 15 is 0 Å². The molecule has 1 N–H and O–H groups in total. The van der Waals surface area contributed by atoms with E-state index in [0.717, 1.165) is 6.42 Å². The molecule has 0 amide bonds. The van der Waals surface area contributed by atoms with E-state index in [2.05, 4.69) is 15.3 Å². The summed E-state index contributed by atoms with van der Waals surface area (Å²) < 4.78 is 41.5. The number of halogens is 3. The van der Waals surface area contributed by atoms with Crippen LogP contribution in [0.5, 0.6) is 0 Å². The summed E-state index contributed by atoms with van der Waals surface area (Å²) in [5, 5.41) is 3.05. The van der Waals surface area contributed by atoms with Crippen LogP contribution in [0, 0.1) is 0 Å². The summed E-state index contributed by atoms with van der Waals surface area (Å²) in [5.41, 5.74) is 0.392. The van der Waals surface area contributed by atoms with E-state index in [0.29, 0.717) is 24.9 Å². The van der Waals surface area contributed by atoms with Gasteiger partial charge in [0.15, 0.2) is 0 Å². The predicted molar refractivity (Wildman–Crippen MR) is 59.3 cm³/mol. The van der Waals surface area contributed by atoms with E-state index in [9.17, 15) is 13.2 Å². The van der Waals surface area contributed by atoms with Crippen molar-refractivity contribution in [3.8, 4) is 0 Å². The molecule has 1 atom stereocenters. The lowest BCUT2D eigenvalue weighted by atomic mass is 10.2. The van der Waals surface area contributed by atoms with Crippen LogP contribution in [0.3, 0.4) is 0 Å². The minimum Gasteiger partial charge on any atom is -0.379 e. The van der Waals surface area contributed by atoms with E-state index in [1.807, 2.05) is 0 Å². The molecule has 7 heteroatoms. The van der Waals surface area contributed by atoms with Crippen LogP contribution in [0.4, 0.5) is 19.1 Å². The summed E-state index contributed by atoms with van der Waals surface area (Å²) in [5.74, 6) is 0.366. The standard InChI is InChI=1S/C11H14F3N3O/c12-11(13,14)4-1-8-2-5-15-10(16-8)17-9-3-6-18-7-9/h2,5,9H,1,3-4,6-7H2,(H,15,16,17)/t9-/m1/s1. The maximum Gasteiger partial charge on any atom is 0.389 e. The minimum atomic E-state index is -4.15. The van der Waals surface area contributed by atoms with Gasteiger partial charge in [0.2, 0.25) is 5.95 Å². The lowest BCUT2D eigenvalue weighted by molar-refractivity contribution is -0.134. The van der Waals surface area contributed by atoms with Gasteiger partial charge in [-0.25, -0.2) is 9.97 Å². The van der Waals surface area contributed by atoms with Crippen molar-refractivity contribution in [2.24, 2.45) is 0 Å². The Kier molecular flexibility index (Phi) is 4.00. The number of hydrogen-bond acceptors (Lipinski definition) is 4. The predicted octanol–water partition coefficient (Wildman–Crippen LogP) is 2.17. The fourth-order valence-electron chi connectivity index (χ4n) is 1.71. The quantitative estimate of drug-likeness (QED) is 0.902. The first-order chi connectivity index (χ1) is 8.53. The molecule has 2 heterocycles. The van der Waals surface area contributed by atoms with E-state index < -0.39 is 12.6 Å². The topological polar surface area (TPSA) is 47.0 Å². The van der Waals surface area contributed by atoms with Gasteiger partial charge in [0.1, 0.15) is 0 Å². The van der Waals surface area contributed by atoms with Crippen molar-refractivity contribution in [2.75, 3.05) is 18.5 Å². The highest BCUT2D eigenvalue weighted by molar-refractivity contribution is 5.27. The first-order valence-corrected chi connectivity index (χ1v) is 5.76. The van der Waals surface area contributed by atoms with Crippen LogP contribution in [0.15, 0.2) is 12.3 Å². The van der Waals surface area contributed by atoms with Crippen molar-refractivity contribution < 1.29 is 17.9 Å². The molecule has 1 fully saturated rings. The molecule has 1 aromatic rings. The van der Waals surface area contributed by atoms with Crippen LogP contribution in [-0.4, -0.2) is 35.4 Å². The van der Waals surface area contributed by atoms with Gasteiger partial charge in [-0.15, -0.1) is 0 Å². The van der Waals surface area contributed by atoms with E-state index in [4.69, 9.17) is 4.74 Å². The monoisotopic (exact) mass is 261 g/mol. The second-order valence-corrected chi connectivity index (χ2v) is 4.19. The number of nitrogens with zero attached hydrogens (tertiary/aromatic N) is 2. The normalized spacial score (nSPS) is 20.1. The second-order valence-electron chi connectivity index (χ2n) is 4.19. The molecule has 0 unspecified atom stereocenters. The molecule has 0 saturated carbocycles. The van der Waals surface area contributed by atoms with Gasteiger partial charge < -0.3 is 10.1 Å². The number of hydrogen-bond donors (Lipinski definition) is 1. The van der Waals surface area contributed by atoms with Crippen molar-refractivity contribution in [2.45, 2.75) is 31.5 Å². The molecule has 0 bridgehead atoms. The van der Waals surface area contributed by atoms with Gasteiger partial charge in [0, 0.05) is 24.9 Å². The van der Waals surface area contributed by atoms with Gasteiger partial charge in [0.05, 0.1) is 12.6 Å². The maximum atomic E-state index is 12.1. The molecular weight excluding hydrogens is 247 g/mol. The fraction of sp³-hybridized carbons (Fsp3) is 0.636. The molecule has 1 aliphatic rings. The molecule has 0 radical (unpaired) electrons. The summed E-state index contributed by atoms with van der Waals surface area (Å²) in [6, 6.07) is 1.64. The third-order valence-corrected chi connectivity index (χ3v) is 2.64. The third-order valence-electron chi connectivity index (χ3n) is 2.64. The van der Waals surface area contributed by atoms with Gasteiger partial charge >= 0.3 is 6.18 Å². The van der Waals surface area contributed by atoms with Crippen LogP contribution in [0.1, 0.15) is 18.5 Å². The molecule has 0 aliphatic carbocycles. The largest absolute Gasteiger partial charge is 0.389 e. The molecule has 2 rings (SSSR count). The number of nitrogens with one attached hydrogen (secondary N) is 1. The van der Waals surface area contributed by atoms with E-state index in [1.165, 1.54) is 12.3 Å². The Morgan fingerprint density at radius 2 is 2.28 bits per heavy atom. The van der Waals surface area contributed by atoms with E-state index in [-0.39, 0.29) is 12.5 Å². The number of alkyl halides is 3. The van der Waals surface area contributed by atoms with Crippen LogP contribution in [0.2, 0.25) is 0 Å². The Bertz CT molecular complexity index is 391. The van der Waals surface area contributed by atoms with Crippen LogP contribution < -0.4 is 5.32 Å². The number of aryl methyl sites for hydroxylation is 1. The lowest BCUT2D eigenvalue weighted by Gasteiger charge is -2.11. The number of ether oxygens (including phenoxy) is 1. The highest BCUT2D eigenvalue weighted by atomic mass is 19.4. The van der Waals surface area contributed by atoms with Crippen LogP contribution in [0.25, 0.3) is 0 Å². The summed E-state index contributed by atoms with van der Waals surface area (Å²) in [6.07, 6.45) is -2.82. The summed E-state index contributed by atoms with van der Waals surface area (Å²) in [6.45, 7) is 1.27. The van der Waals surface area contributed by atoms with Crippen molar-refractivity contribution in [3.05, 3.63) is 18.0 Å². The second kappa shape index (κ2) is 5.51. The molecule has 0 aromatic carbocycles. The molecule has 18 heavy (non-hydrogen) atoms. The fourth-order valence-corrected chi connectivity index (χ4v) is 1.71. The number of aromatic nitrogens is 2. The zero-order chi connectivity index (χ0) is 13.0. The average molecular weight is 261 g/mol. The minimum absolute atomic E-state index is 0.123. The molecule has 0 spiro atoms. The van der Waals surface area contributed by atoms with E-state index in [1.54, 1.807) is 0 Å². The zero-order valence-corrected chi connectivity index (χ0v) is 9.70. The lowest BCUT2D eigenvalue weighted by Crippen LogP contribution is -2.21. The maximum absolute atomic E-state index is 12.1. The molecule has 1 aliphatic heterocycles. The molecule has 1 aromatic heterocycles. The highest BCUT2D eigenvalue weighted by Crippen LogP contribution is 2.21. The Balaban J connectivity index is 1.92. The van der Waals surface area contributed by atoms with Crippen LogP contribution in [-0.2, 0) is 11.2 Å². The van der Waals surface area contributed by atoms with Gasteiger partial charge in [-0.1, -0.05) is 0 Å². The SMILES string of the molecule is FC(F)(F)CCc1ccnc(N[C@@H]2CCOC2)n1. The molecule has 1 saturated heterocycles. The Morgan fingerprint density at radius 3 is 2.94 bits per heavy atom. The molecular formula is C11H14F3N3O. The Labute approximate surface area is 103 Å². The first-order valence-electron chi connectivity index (χ1n) is 5.76. The van der Waals surface area contributed by atoms with Crippen molar-refractivity contribution in [3.63, 3.8) is 0 Å². The summed E-state index contributed by atoms with van der Waals surface area (Å²) in [4.78, 5) is 8.05. The van der Waals surface area contributed by atoms with Gasteiger partial charge in [-0.3, -0.25) is 0 Å². The summed E-state index contributed by atoms with van der Waals surface area (Å²) >= 11 is 0. The van der Waals surface area contributed by atoms with Crippen LogP contribution >= 0.6 is 0 Å². The van der Waals surface area contributed by atoms with Gasteiger partial charge in [-0.2, -0.15) is 13.2 Å². The van der Waals surface area contributed by atoms with Crippen molar-refractivity contribution >= 4 is 5.95 Å². The number of rotatable bonds is 4. The summed E-state index contributed by atoms with van der Waals surface area (Å²) in [7, 11) is 0. The first kappa shape index (κ1) is 13.1.